The predicted molar refractivity (Wildman–Crippen MR) is 79.1 cm³/mol. The van der Waals surface area contributed by atoms with Gasteiger partial charge in [-0.1, -0.05) is 13.8 Å². The SMILES string of the molecule is CCCN(CCC)c1ccc(NS(=O)(=O)O)c(C)c1. The van der Waals surface area contributed by atoms with E-state index in [4.69, 9.17) is 4.55 Å². The smallest absolute Gasteiger partial charge is 0.357 e. The van der Waals surface area contributed by atoms with Crippen molar-refractivity contribution < 1.29 is 13.0 Å². The largest absolute Gasteiger partial charge is 0.372 e. The summed E-state index contributed by atoms with van der Waals surface area (Å²) in [5, 5.41) is 0. The molecule has 108 valence electrons. The highest BCUT2D eigenvalue weighted by Crippen LogP contribution is 2.23. The maximum Gasteiger partial charge on any atom is 0.357 e. The van der Waals surface area contributed by atoms with Gasteiger partial charge in [0, 0.05) is 18.8 Å². The van der Waals surface area contributed by atoms with E-state index < -0.39 is 10.3 Å². The molecule has 0 saturated heterocycles. The Bertz CT molecular complexity index is 509. The summed E-state index contributed by atoms with van der Waals surface area (Å²) in [7, 11) is -4.22. The number of hydrogen-bond donors (Lipinski definition) is 2. The second kappa shape index (κ2) is 6.77. The minimum absolute atomic E-state index is 0.402. The first-order valence-corrected chi connectivity index (χ1v) is 7.92. The van der Waals surface area contributed by atoms with Gasteiger partial charge in [-0.15, -0.1) is 0 Å². The van der Waals surface area contributed by atoms with Gasteiger partial charge < -0.3 is 4.90 Å². The summed E-state index contributed by atoms with van der Waals surface area (Å²) in [5.41, 5.74) is 2.26. The van der Waals surface area contributed by atoms with Crippen LogP contribution in [0.1, 0.15) is 32.3 Å². The van der Waals surface area contributed by atoms with Crippen LogP contribution in [0.3, 0.4) is 0 Å². The first-order chi connectivity index (χ1) is 8.87. The highest BCUT2D eigenvalue weighted by molar-refractivity contribution is 7.87. The van der Waals surface area contributed by atoms with Crippen LogP contribution in [0.5, 0.6) is 0 Å². The minimum atomic E-state index is -4.22. The van der Waals surface area contributed by atoms with Gasteiger partial charge in [0.2, 0.25) is 0 Å². The van der Waals surface area contributed by atoms with Crippen molar-refractivity contribution in [1.29, 1.82) is 0 Å². The number of benzene rings is 1. The first kappa shape index (κ1) is 15.8. The average Bonchev–Trinajstić information content (AvgIpc) is 2.30. The fraction of sp³-hybridized carbons (Fsp3) is 0.538. The van der Waals surface area contributed by atoms with E-state index in [0.717, 1.165) is 37.2 Å². The van der Waals surface area contributed by atoms with E-state index in [1.807, 2.05) is 19.1 Å². The molecule has 0 spiro atoms. The summed E-state index contributed by atoms with van der Waals surface area (Å²) >= 11 is 0. The molecule has 1 rings (SSSR count). The maximum absolute atomic E-state index is 10.8. The zero-order valence-corrected chi connectivity index (χ0v) is 12.5. The summed E-state index contributed by atoms with van der Waals surface area (Å²) in [6, 6.07) is 5.47. The molecule has 0 fully saturated rings. The summed E-state index contributed by atoms with van der Waals surface area (Å²) < 4.78 is 32.5. The fourth-order valence-corrected chi connectivity index (χ4v) is 2.51. The lowest BCUT2D eigenvalue weighted by Gasteiger charge is -2.24. The lowest BCUT2D eigenvalue weighted by Crippen LogP contribution is -2.25. The molecule has 0 unspecified atom stereocenters. The van der Waals surface area contributed by atoms with Crippen LogP contribution in [0.2, 0.25) is 0 Å². The van der Waals surface area contributed by atoms with E-state index in [9.17, 15) is 8.42 Å². The van der Waals surface area contributed by atoms with Crippen LogP contribution >= 0.6 is 0 Å². The topological polar surface area (TPSA) is 69.6 Å². The first-order valence-electron chi connectivity index (χ1n) is 6.48. The molecule has 1 aromatic carbocycles. The van der Waals surface area contributed by atoms with Crippen LogP contribution in [0.15, 0.2) is 18.2 Å². The standard InChI is InChI=1S/C13H22N2O3S/c1-4-8-15(9-5-2)12-6-7-13(11(3)10-12)14-19(16,17)18/h6-7,10,14H,4-5,8-9H2,1-3H3,(H,16,17,18). The molecule has 6 heteroatoms. The van der Waals surface area contributed by atoms with E-state index in [1.54, 1.807) is 6.07 Å². The van der Waals surface area contributed by atoms with E-state index in [0.29, 0.717) is 5.69 Å². The van der Waals surface area contributed by atoms with E-state index in [1.165, 1.54) is 0 Å². The van der Waals surface area contributed by atoms with Gasteiger partial charge in [-0.05, 0) is 43.5 Å². The molecule has 5 nitrogen and oxygen atoms in total. The van der Waals surface area contributed by atoms with Gasteiger partial charge >= 0.3 is 10.3 Å². The molecule has 0 aliphatic rings. The van der Waals surface area contributed by atoms with Crippen molar-refractivity contribution in [3.8, 4) is 0 Å². The third-order valence-electron chi connectivity index (χ3n) is 2.80. The number of nitrogens with one attached hydrogen (secondary N) is 1. The molecular formula is C13H22N2O3S. The molecule has 0 atom stereocenters. The summed E-state index contributed by atoms with van der Waals surface area (Å²) in [4.78, 5) is 2.27. The summed E-state index contributed by atoms with van der Waals surface area (Å²) in [5.74, 6) is 0. The van der Waals surface area contributed by atoms with Gasteiger partial charge in [0.15, 0.2) is 0 Å². The highest BCUT2D eigenvalue weighted by atomic mass is 32.2. The lowest BCUT2D eigenvalue weighted by atomic mass is 10.1. The summed E-state index contributed by atoms with van der Waals surface area (Å²) in [6.45, 7) is 8.01. The zero-order valence-electron chi connectivity index (χ0n) is 11.7. The van der Waals surface area contributed by atoms with Crippen LogP contribution in [0, 0.1) is 6.92 Å². The Kier molecular flexibility index (Phi) is 5.62. The van der Waals surface area contributed by atoms with Crippen LogP contribution in [0.25, 0.3) is 0 Å². The molecule has 0 aliphatic carbocycles. The van der Waals surface area contributed by atoms with Crippen molar-refractivity contribution in [3.63, 3.8) is 0 Å². The van der Waals surface area contributed by atoms with Gasteiger partial charge in [-0.25, -0.2) is 0 Å². The Morgan fingerprint density at radius 2 is 1.79 bits per heavy atom. The Balaban J connectivity index is 2.97. The normalized spacial score (nSPS) is 11.4. The Labute approximate surface area is 115 Å². The molecule has 2 N–H and O–H groups in total. The van der Waals surface area contributed by atoms with Gasteiger partial charge in [-0.2, -0.15) is 8.42 Å². The quantitative estimate of drug-likeness (QED) is 0.756. The highest BCUT2D eigenvalue weighted by Gasteiger charge is 2.10. The number of rotatable bonds is 7. The molecule has 0 aromatic heterocycles. The van der Waals surface area contributed by atoms with E-state index in [2.05, 4.69) is 23.5 Å². The number of hydrogen-bond acceptors (Lipinski definition) is 3. The third-order valence-corrected chi connectivity index (χ3v) is 3.28. The Hall–Kier alpha value is -1.27. The lowest BCUT2D eigenvalue weighted by molar-refractivity contribution is 0.489. The van der Waals surface area contributed by atoms with E-state index in [-0.39, 0.29) is 0 Å². The molecule has 0 saturated carbocycles. The molecule has 19 heavy (non-hydrogen) atoms. The summed E-state index contributed by atoms with van der Waals surface area (Å²) in [6.07, 6.45) is 2.12. The third kappa shape index (κ3) is 5.08. The van der Waals surface area contributed by atoms with Crippen LogP contribution in [-0.2, 0) is 10.3 Å². The zero-order chi connectivity index (χ0) is 14.5. The van der Waals surface area contributed by atoms with Gasteiger partial charge in [-0.3, -0.25) is 9.27 Å². The van der Waals surface area contributed by atoms with Crippen molar-refractivity contribution in [2.24, 2.45) is 0 Å². The van der Waals surface area contributed by atoms with Crippen LogP contribution in [0.4, 0.5) is 11.4 Å². The molecule has 0 aliphatic heterocycles. The molecule has 0 bridgehead atoms. The maximum atomic E-state index is 10.8. The van der Waals surface area contributed by atoms with Crippen molar-refractivity contribution in [2.45, 2.75) is 33.6 Å². The van der Waals surface area contributed by atoms with Crippen LogP contribution in [-0.4, -0.2) is 26.1 Å². The van der Waals surface area contributed by atoms with Gasteiger partial charge in [0.1, 0.15) is 0 Å². The molecule has 0 radical (unpaired) electrons. The van der Waals surface area contributed by atoms with Gasteiger partial charge in [0.25, 0.3) is 0 Å². The average molecular weight is 286 g/mol. The van der Waals surface area contributed by atoms with Crippen molar-refractivity contribution in [3.05, 3.63) is 23.8 Å². The van der Waals surface area contributed by atoms with Crippen molar-refractivity contribution in [1.82, 2.24) is 0 Å². The molecular weight excluding hydrogens is 264 g/mol. The number of nitrogens with zero attached hydrogens (tertiary/aromatic N) is 1. The van der Waals surface area contributed by atoms with Crippen LogP contribution < -0.4 is 9.62 Å². The minimum Gasteiger partial charge on any atom is -0.372 e. The Morgan fingerprint density at radius 3 is 2.21 bits per heavy atom. The second-order valence-corrected chi connectivity index (χ2v) is 5.72. The van der Waals surface area contributed by atoms with Gasteiger partial charge in [0.05, 0.1) is 5.69 Å². The number of anilines is 2. The van der Waals surface area contributed by atoms with Crippen molar-refractivity contribution >= 4 is 21.7 Å². The predicted octanol–water partition coefficient (Wildman–Crippen LogP) is 2.84. The fourth-order valence-electron chi connectivity index (χ4n) is 2.01. The van der Waals surface area contributed by atoms with E-state index >= 15 is 0 Å². The molecule has 0 heterocycles. The Morgan fingerprint density at radius 1 is 1.21 bits per heavy atom. The molecule has 1 aromatic rings. The molecule has 0 amide bonds. The monoisotopic (exact) mass is 286 g/mol. The van der Waals surface area contributed by atoms with Crippen molar-refractivity contribution in [2.75, 3.05) is 22.7 Å². The number of aryl methyl sites for hydroxylation is 1. The second-order valence-electron chi connectivity index (χ2n) is 4.56.